The SMILES string of the molecule is COc1ccc(CNC(=O)C(C)Sc2nnc(-c3ccccc3OC)n2-c2ccc(C)cc2)cc1. The molecule has 0 aliphatic carbocycles. The first-order chi connectivity index (χ1) is 17.0. The number of benzene rings is 3. The Balaban J connectivity index is 1.58. The highest BCUT2D eigenvalue weighted by Gasteiger charge is 2.23. The summed E-state index contributed by atoms with van der Waals surface area (Å²) in [6.07, 6.45) is 0. The molecule has 0 radical (unpaired) electrons. The fourth-order valence-corrected chi connectivity index (χ4v) is 4.46. The summed E-state index contributed by atoms with van der Waals surface area (Å²) in [6, 6.07) is 23.5. The van der Waals surface area contributed by atoms with Gasteiger partial charge in [0, 0.05) is 12.2 Å². The molecule has 7 nitrogen and oxygen atoms in total. The van der Waals surface area contributed by atoms with Crippen LogP contribution in [0.2, 0.25) is 0 Å². The van der Waals surface area contributed by atoms with Gasteiger partial charge in [0.2, 0.25) is 5.91 Å². The zero-order valence-electron chi connectivity index (χ0n) is 20.2. The van der Waals surface area contributed by atoms with Crippen molar-refractivity contribution >= 4 is 17.7 Å². The van der Waals surface area contributed by atoms with E-state index in [1.165, 1.54) is 11.8 Å². The Morgan fingerprint density at radius 1 is 0.971 bits per heavy atom. The van der Waals surface area contributed by atoms with E-state index in [1.807, 2.05) is 91.2 Å². The number of ether oxygens (including phenoxy) is 2. The Morgan fingerprint density at radius 3 is 2.37 bits per heavy atom. The summed E-state index contributed by atoms with van der Waals surface area (Å²) in [5.74, 6) is 2.06. The van der Waals surface area contributed by atoms with Crippen LogP contribution in [0, 0.1) is 6.92 Å². The van der Waals surface area contributed by atoms with Crippen LogP contribution in [-0.4, -0.2) is 40.1 Å². The maximum absolute atomic E-state index is 12.9. The molecule has 3 aromatic carbocycles. The van der Waals surface area contributed by atoms with Gasteiger partial charge in [-0.3, -0.25) is 9.36 Å². The summed E-state index contributed by atoms with van der Waals surface area (Å²) in [5.41, 5.74) is 3.89. The molecule has 0 spiro atoms. The summed E-state index contributed by atoms with van der Waals surface area (Å²) in [6.45, 7) is 4.35. The number of hydrogen-bond donors (Lipinski definition) is 1. The lowest BCUT2D eigenvalue weighted by Crippen LogP contribution is -2.30. The molecule has 0 saturated carbocycles. The lowest BCUT2D eigenvalue weighted by atomic mass is 10.1. The van der Waals surface area contributed by atoms with E-state index in [4.69, 9.17) is 9.47 Å². The van der Waals surface area contributed by atoms with Crippen molar-refractivity contribution in [2.24, 2.45) is 0 Å². The maximum Gasteiger partial charge on any atom is 0.233 e. The third-order valence-corrected chi connectivity index (χ3v) is 6.59. The fraction of sp³-hybridized carbons (Fsp3) is 0.222. The Labute approximate surface area is 209 Å². The van der Waals surface area contributed by atoms with Crippen LogP contribution < -0.4 is 14.8 Å². The van der Waals surface area contributed by atoms with E-state index in [0.717, 1.165) is 28.1 Å². The van der Waals surface area contributed by atoms with E-state index < -0.39 is 0 Å². The molecule has 0 fully saturated rings. The standard InChI is InChI=1S/C27H28N4O3S/c1-18-9-13-21(14-10-18)31-25(23-7-5-6-8-24(23)34-4)29-30-27(31)35-19(2)26(32)28-17-20-11-15-22(33-3)16-12-20/h5-16,19H,17H2,1-4H3,(H,28,32). The quantitative estimate of drug-likeness (QED) is 0.332. The predicted molar refractivity (Wildman–Crippen MR) is 138 cm³/mol. The van der Waals surface area contributed by atoms with E-state index in [-0.39, 0.29) is 11.2 Å². The van der Waals surface area contributed by atoms with Crippen LogP contribution in [0.3, 0.4) is 0 Å². The largest absolute Gasteiger partial charge is 0.497 e. The van der Waals surface area contributed by atoms with Crippen molar-refractivity contribution in [3.8, 4) is 28.6 Å². The number of carbonyl (C=O) groups is 1. The molecule has 35 heavy (non-hydrogen) atoms. The van der Waals surface area contributed by atoms with Crippen molar-refractivity contribution < 1.29 is 14.3 Å². The van der Waals surface area contributed by atoms with Crippen LogP contribution in [-0.2, 0) is 11.3 Å². The second-order valence-corrected chi connectivity index (χ2v) is 9.31. The summed E-state index contributed by atoms with van der Waals surface area (Å²) in [7, 11) is 3.26. The van der Waals surface area contributed by atoms with Crippen molar-refractivity contribution in [3.05, 3.63) is 83.9 Å². The van der Waals surface area contributed by atoms with E-state index in [0.29, 0.717) is 23.3 Å². The number of aryl methyl sites for hydroxylation is 1. The predicted octanol–water partition coefficient (Wildman–Crippen LogP) is 5.06. The molecule has 0 bridgehead atoms. The van der Waals surface area contributed by atoms with E-state index in [1.54, 1.807) is 14.2 Å². The number of para-hydroxylation sites is 1. The summed E-state index contributed by atoms with van der Waals surface area (Å²) in [4.78, 5) is 12.9. The maximum atomic E-state index is 12.9. The number of methoxy groups -OCH3 is 2. The highest BCUT2D eigenvalue weighted by molar-refractivity contribution is 8.00. The lowest BCUT2D eigenvalue weighted by molar-refractivity contribution is -0.120. The first kappa shape index (κ1) is 24.3. The number of amides is 1. The molecule has 0 saturated heterocycles. The Hall–Kier alpha value is -3.78. The zero-order valence-corrected chi connectivity index (χ0v) is 21.0. The van der Waals surface area contributed by atoms with E-state index in [2.05, 4.69) is 15.5 Å². The molecule has 1 N–H and O–H groups in total. The Bertz CT molecular complexity index is 1290. The normalized spacial score (nSPS) is 11.7. The van der Waals surface area contributed by atoms with Gasteiger partial charge in [0.05, 0.1) is 25.0 Å². The van der Waals surface area contributed by atoms with E-state index >= 15 is 0 Å². The fourth-order valence-electron chi connectivity index (χ4n) is 3.56. The Morgan fingerprint density at radius 2 is 1.69 bits per heavy atom. The molecule has 0 aliphatic heterocycles. The van der Waals surface area contributed by atoms with Gasteiger partial charge in [0.25, 0.3) is 0 Å². The topological polar surface area (TPSA) is 78.3 Å². The van der Waals surface area contributed by atoms with Gasteiger partial charge in [0.1, 0.15) is 11.5 Å². The molecule has 4 rings (SSSR count). The monoisotopic (exact) mass is 488 g/mol. The average Bonchev–Trinajstić information content (AvgIpc) is 3.31. The number of hydrogen-bond acceptors (Lipinski definition) is 6. The molecule has 180 valence electrons. The second kappa shape index (κ2) is 11.1. The Kier molecular flexibility index (Phi) is 7.72. The van der Waals surface area contributed by atoms with Gasteiger partial charge < -0.3 is 14.8 Å². The molecule has 1 heterocycles. The first-order valence-electron chi connectivity index (χ1n) is 11.2. The molecular weight excluding hydrogens is 460 g/mol. The van der Waals surface area contributed by atoms with Gasteiger partial charge in [-0.1, -0.05) is 53.7 Å². The lowest BCUT2D eigenvalue weighted by Gasteiger charge is -2.15. The highest BCUT2D eigenvalue weighted by atomic mass is 32.2. The van der Waals surface area contributed by atoms with Gasteiger partial charge in [-0.15, -0.1) is 10.2 Å². The van der Waals surface area contributed by atoms with Crippen LogP contribution in [0.1, 0.15) is 18.1 Å². The van der Waals surface area contributed by atoms with Crippen LogP contribution in [0.5, 0.6) is 11.5 Å². The number of nitrogens with zero attached hydrogens (tertiary/aromatic N) is 3. The molecule has 1 unspecified atom stereocenters. The molecule has 4 aromatic rings. The van der Waals surface area contributed by atoms with Crippen LogP contribution in [0.15, 0.2) is 78.0 Å². The minimum absolute atomic E-state index is 0.0804. The second-order valence-electron chi connectivity index (χ2n) is 8.00. The van der Waals surface area contributed by atoms with Crippen molar-refractivity contribution in [2.75, 3.05) is 14.2 Å². The molecular formula is C27H28N4O3S. The average molecular weight is 489 g/mol. The van der Waals surface area contributed by atoms with Crippen LogP contribution in [0.25, 0.3) is 17.1 Å². The molecule has 1 atom stereocenters. The van der Waals surface area contributed by atoms with Gasteiger partial charge in [-0.25, -0.2) is 0 Å². The highest BCUT2D eigenvalue weighted by Crippen LogP contribution is 2.34. The third-order valence-electron chi connectivity index (χ3n) is 5.55. The van der Waals surface area contributed by atoms with Crippen molar-refractivity contribution in [1.29, 1.82) is 0 Å². The number of nitrogens with one attached hydrogen (secondary N) is 1. The molecule has 1 amide bonds. The van der Waals surface area contributed by atoms with Gasteiger partial charge in [0.15, 0.2) is 11.0 Å². The number of carbonyl (C=O) groups excluding carboxylic acids is 1. The van der Waals surface area contributed by atoms with Crippen LogP contribution in [0.4, 0.5) is 0 Å². The number of aromatic nitrogens is 3. The van der Waals surface area contributed by atoms with Crippen molar-refractivity contribution in [2.45, 2.75) is 30.8 Å². The molecule has 8 heteroatoms. The summed E-state index contributed by atoms with van der Waals surface area (Å²) < 4.78 is 12.7. The van der Waals surface area contributed by atoms with Crippen molar-refractivity contribution in [3.63, 3.8) is 0 Å². The third kappa shape index (κ3) is 5.66. The summed E-state index contributed by atoms with van der Waals surface area (Å²) >= 11 is 1.36. The summed E-state index contributed by atoms with van der Waals surface area (Å²) in [5, 5.41) is 12.2. The number of thioether (sulfide) groups is 1. The zero-order chi connectivity index (χ0) is 24.8. The van der Waals surface area contributed by atoms with Gasteiger partial charge in [-0.05, 0) is 55.8 Å². The van der Waals surface area contributed by atoms with E-state index in [9.17, 15) is 4.79 Å². The minimum Gasteiger partial charge on any atom is -0.497 e. The van der Waals surface area contributed by atoms with Gasteiger partial charge >= 0.3 is 0 Å². The molecule has 1 aromatic heterocycles. The molecule has 0 aliphatic rings. The minimum atomic E-state index is -0.382. The first-order valence-corrected chi connectivity index (χ1v) is 12.1. The van der Waals surface area contributed by atoms with Crippen LogP contribution >= 0.6 is 11.8 Å². The van der Waals surface area contributed by atoms with Crippen molar-refractivity contribution in [1.82, 2.24) is 20.1 Å². The van der Waals surface area contributed by atoms with Gasteiger partial charge in [-0.2, -0.15) is 0 Å². The number of rotatable bonds is 9. The smallest absolute Gasteiger partial charge is 0.233 e.